The number of rotatable bonds is 4. The van der Waals surface area contributed by atoms with Crippen LogP contribution in [-0.2, 0) is 0 Å². The Bertz CT molecular complexity index is 1090. The molecule has 29 heavy (non-hydrogen) atoms. The number of imidazole rings is 1. The molecule has 4 rings (SSSR count). The Balaban J connectivity index is 1.68. The minimum absolute atomic E-state index is 0.142. The highest BCUT2D eigenvalue weighted by molar-refractivity contribution is 5.93. The summed E-state index contributed by atoms with van der Waals surface area (Å²) < 4.78 is 6.54. The van der Waals surface area contributed by atoms with Crippen molar-refractivity contribution in [3.63, 3.8) is 0 Å². The van der Waals surface area contributed by atoms with Crippen molar-refractivity contribution in [2.45, 2.75) is 45.1 Å². The van der Waals surface area contributed by atoms with E-state index in [4.69, 9.17) is 4.42 Å². The summed E-state index contributed by atoms with van der Waals surface area (Å²) in [5.74, 6) is 0.0303. The molecule has 9 nitrogen and oxygen atoms in total. The zero-order chi connectivity index (χ0) is 20.4. The number of aromatic nitrogens is 2. The number of carbonyl (C=O) groups is 1. The van der Waals surface area contributed by atoms with Crippen molar-refractivity contribution < 1.29 is 14.1 Å². The largest absolute Gasteiger partial charge is 0.433 e. The van der Waals surface area contributed by atoms with Gasteiger partial charge in [-0.15, -0.1) is 0 Å². The Labute approximate surface area is 166 Å². The normalized spacial score (nSPS) is 15.2. The van der Waals surface area contributed by atoms with E-state index in [1.54, 1.807) is 0 Å². The standard InChI is InChI=1S/C20H21N5O4/c1-13-7-9-17-16(11-13)23-19(21-12-15-8-10-18(29-15)25(27)28)24(17)20(26)22-14-5-3-2-4-6-14/h7-12,14H,2-6H2,1H3,(H,22,26). The Morgan fingerprint density at radius 3 is 2.83 bits per heavy atom. The number of benzene rings is 1. The lowest BCUT2D eigenvalue weighted by Gasteiger charge is -2.23. The number of nitro groups is 1. The van der Waals surface area contributed by atoms with Crippen LogP contribution in [0.4, 0.5) is 16.6 Å². The van der Waals surface area contributed by atoms with E-state index in [-0.39, 0.29) is 29.7 Å². The van der Waals surface area contributed by atoms with Crippen molar-refractivity contribution in [3.8, 4) is 0 Å². The second-order valence-corrected chi connectivity index (χ2v) is 7.22. The summed E-state index contributed by atoms with van der Waals surface area (Å²) in [5, 5.41) is 13.9. The van der Waals surface area contributed by atoms with Gasteiger partial charge in [0.25, 0.3) is 0 Å². The number of hydrogen-bond acceptors (Lipinski definition) is 6. The molecule has 0 saturated heterocycles. The van der Waals surface area contributed by atoms with Crippen molar-refractivity contribution in [3.05, 3.63) is 51.8 Å². The predicted octanol–water partition coefficient (Wildman–Crippen LogP) is 4.49. The highest BCUT2D eigenvalue weighted by atomic mass is 16.6. The maximum absolute atomic E-state index is 13.0. The first-order valence-corrected chi connectivity index (χ1v) is 9.59. The van der Waals surface area contributed by atoms with Gasteiger partial charge in [-0.05, 0) is 43.5 Å². The van der Waals surface area contributed by atoms with Crippen LogP contribution in [0.2, 0.25) is 0 Å². The summed E-state index contributed by atoms with van der Waals surface area (Å²) in [6, 6.07) is 8.21. The van der Waals surface area contributed by atoms with Crippen LogP contribution >= 0.6 is 0 Å². The molecule has 0 bridgehead atoms. The summed E-state index contributed by atoms with van der Waals surface area (Å²) in [7, 11) is 0. The first-order valence-electron chi connectivity index (χ1n) is 9.59. The lowest BCUT2D eigenvalue weighted by molar-refractivity contribution is -0.402. The fourth-order valence-electron chi connectivity index (χ4n) is 3.58. The number of hydrogen-bond donors (Lipinski definition) is 1. The lowest BCUT2D eigenvalue weighted by Crippen LogP contribution is -2.38. The summed E-state index contributed by atoms with van der Waals surface area (Å²) in [6.07, 6.45) is 6.67. The molecule has 1 aliphatic rings. The van der Waals surface area contributed by atoms with Gasteiger partial charge in [0.1, 0.15) is 4.92 Å². The Kier molecular flexibility index (Phi) is 5.11. The van der Waals surface area contributed by atoms with Crippen LogP contribution in [0.3, 0.4) is 0 Å². The third-order valence-corrected chi connectivity index (χ3v) is 5.03. The van der Waals surface area contributed by atoms with Gasteiger partial charge in [-0.1, -0.05) is 25.3 Å². The van der Waals surface area contributed by atoms with Crippen molar-refractivity contribution >= 4 is 35.1 Å². The maximum atomic E-state index is 13.0. The van der Waals surface area contributed by atoms with Gasteiger partial charge in [0.05, 0.1) is 23.3 Å². The zero-order valence-corrected chi connectivity index (χ0v) is 16.0. The van der Waals surface area contributed by atoms with E-state index in [1.807, 2.05) is 25.1 Å². The number of amides is 1. The Morgan fingerprint density at radius 2 is 2.10 bits per heavy atom. The van der Waals surface area contributed by atoms with E-state index in [0.29, 0.717) is 11.0 Å². The first-order chi connectivity index (χ1) is 14.0. The summed E-state index contributed by atoms with van der Waals surface area (Å²) in [4.78, 5) is 31.9. The van der Waals surface area contributed by atoms with Gasteiger partial charge in [-0.25, -0.2) is 19.3 Å². The SMILES string of the molecule is Cc1ccc2c(c1)nc(N=Cc1ccc([N+](=O)[O-])o1)n2C(=O)NC1CCCCC1. The summed E-state index contributed by atoms with van der Waals surface area (Å²) >= 11 is 0. The third kappa shape index (κ3) is 4.03. The minimum Gasteiger partial charge on any atom is -0.400 e. The van der Waals surface area contributed by atoms with Crippen LogP contribution in [0, 0.1) is 17.0 Å². The van der Waals surface area contributed by atoms with Gasteiger partial charge in [0.2, 0.25) is 5.95 Å². The average Bonchev–Trinajstić information content (AvgIpc) is 3.31. The molecule has 9 heteroatoms. The quantitative estimate of drug-likeness (QED) is 0.397. The van der Waals surface area contributed by atoms with E-state index in [0.717, 1.165) is 31.2 Å². The highest BCUT2D eigenvalue weighted by Gasteiger charge is 2.21. The summed E-state index contributed by atoms with van der Waals surface area (Å²) in [5.41, 5.74) is 2.33. The highest BCUT2D eigenvalue weighted by Crippen LogP contribution is 2.24. The molecule has 1 fully saturated rings. The molecule has 0 radical (unpaired) electrons. The molecule has 2 aromatic heterocycles. The topological polar surface area (TPSA) is 116 Å². The molecule has 2 heterocycles. The van der Waals surface area contributed by atoms with Gasteiger partial charge in [-0.3, -0.25) is 10.1 Å². The fourth-order valence-corrected chi connectivity index (χ4v) is 3.58. The second-order valence-electron chi connectivity index (χ2n) is 7.22. The van der Waals surface area contributed by atoms with Crippen LogP contribution in [0.5, 0.6) is 0 Å². The van der Waals surface area contributed by atoms with E-state index < -0.39 is 4.92 Å². The number of fused-ring (bicyclic) bond motifs is 1. The number of nitrogens with one attached hydrogen (secondary N) is 1. The van der Waals surface area contributed by atoms with Crippen LogP contribution in [-0.4, -0.2) is 32.8 Å². The average molecular weight is 395 g/mol. The summed E-state index contributed by atoms with van der Waals surface area (Å²) in [6.45, 7) is 1.95. The lowest BCUT2D eigenvalue weighted by atomic mass is 9.96. The molecule has 0 aliphatic heterocycles. The minimum atomic E-state index is -0.618. The molecule has 1 aromatic carbocycles. The number of carbonyl (C=O) groups excluding carboxylic acids is 1. The second kappa shape index (κ2) is 7.86. The van der Waals surface area contributed by atoms with Crippen molar-refractivity contribution in [2.75, 3.05) is 0 Å². The van der Waals surface area contributed by atoms with Crippen molar-refractivity contribution in [1.29, 1.82) is 0 Å². The van der Waals surface area contributed by atoms with Gasteiger partial charge < -0.3 is 9.73 Å². The molecule has 1 amide bonds. The Morgan fingerprint density at radius 1 is 1.31 bits per heavy atom. The van der Waals surface area contributed by atoms with Gasteiger partial charge in [0.15, 0.2) is 5.76 Å². The van der Waals surface area contributed by atoms with E-state index in [2.05, 4.69) is 15.3 Å². The number of aryl methyl sites for hydroxylation is 1. The molecule has 3 aromatic rings. The maximum Gasteiger partial charge on any atom is 0.433 e. The fraction of sp³-hybridized carbons (Fsp3) is 0.350. The predicted molar refractivity (Wildman–Crippen MR) is 108 cm³/mol. The van der Waals surface area contributed by atoms with E-state index in [1.165, 1.54) is 29.3 Å². The molecule has 1 saturated carbocycles. The van der Waals surface area contributed by atoms with Crippen LogP contribution < -0.4 is 5.32 Å². The van der Waals surface area contributed by atoms with Crippen LogP contribution in [0.15, 0.2) is 39.7 Å². The molecular weight excluding hydrogens is 374 g/mol. The van der Waals surface area contributed by atoms with Crippen LogP contribution in [0.1, 0.15) is 43.4 Å². The number of furan rings is 1. The molecular formula is C20H21N5O4. The third-order valence-electron chi connectivity index (χ3n) is 5.03. The molecule has 1 N–H and O–H groups in total. The molecule has 1 aliphatic carbocycles. The molecule has 150 valence electrons. The smallest absolute Gasteiger partial charge is 0.400 e. The molecule has 0 spiro atoms. The zero-order valence-electron chi connectivity index (χ0n) is 16.0. The van der Waals surface area contributed by atoms with Gasteiger partial charge in [0, 0.05) is 6.04 Å². The van der Waals surface area contributed by atoms with Crippen LogP contribution in [0.25, 0.3) is 11.0 Å². The van der Waals surface area contributed by atoms with Gasteiger partial charge in [-0.2, -0.15) is 0 Å². The molecule has 0 unspecified atom stereocenters. The van der Waals surface area contributed by atoms with Crippen molar-refractivity contribution in [1.82, 2.24) is 14.9 Å². The van der Waals surface area contributed by atoms with Crippen molar-refractivity contribution in [2.24, 2.45) is 4.99 Å². The molecule has 0 atom stereocenters. The number of nitrogens with zero attached hydrogens (tertiary/aromatic N) is 4. The van der Waals surface area contributed by atoms with E-state index in [9.17, 15) is 14.9 Å². The van der Waals surface area contributed by atoms with E-state index >= 15 is 0 Å². The number of aliphatic imine (C=N–C) groups is 1. The van der Waals surface area contributed by atoms with Gasteiger partial charge >= 0.3 is 11.9 Å². The Hall–Kier alpha value is -3.49. The first kappa shape index (κ1) is 18.9. The monoisotopic (exact) mass is 395 g/mol.